The summed E-state index contributed by atoms with van der Waals surface area (Å²) in [5.74, 6) is 1.73. The van der Waals surface area contributed by atoms with Gasteiger partial charge in [0.2, 0.25) is 0 Å². The quantitative estimate of drug-likeness (QED) is 0.413. The summed E-state index contributed by atoms with van der Waals surface area (Å²) in [4.78, 5) is 7.13. The van der Waals surface area contributed by atoms with Crippen LogP contribution in [-0.4, -0.2) is 63.4 Å². The normalized spacial score (nSPS) is 17.8. The summed E-state index contributed by atoms with van der Waals surface area (Å²) >= 11 is 0. The fourth-order valence-electron chi connectivity index (χ4n) is 4.26. The Morgan fingerprint density at radius 3 is 2.62 bits per heavy atom. The number of likely N-dealkylation sites (N-methyl/N-ethyl adjacent to an activating group) is 1. The predicted octanol–water partition coefficient (Wildman–Crippen LogP) is 3.19. The zero-order valence-corrected chi connectivity index (χ0v) is 18.7. The van der Waals surface area contributed by atoms with Crippen LogP contribution in [0.25, 0.3) is 0 Å². The number of nitrogens with zero attached hydrogens (tertiary/aromatic N) is 2. The zero-order valence-electron chi connectivity index (χ0n) is 18.7. The third-order valence-electron chi connectivity index (χ3n) is 6.04. The van der Waals surface area contributed by atoms with Gasteiger partial charge in [-0.05, 0) is 63.4 Å². The second-order valence-electron chi connectivity index (χ2n) is 8.37. The van der Waals surface area contributed by atoms with Crippen molar-refractivity contribution in [3.8, 4) is 5.75 Å². The Morgan fingerprint density at radius 1 is 1.24 bits per heavy atom. The fraction of sp³-hybridized carbons (Fsp3) is 0.696. The van der Waals surface area contributed by atoms with Gasteiger partial charge in [-0.15, -0.1) is 0 Å². The summed E-state index contributed by atoms with van der Waals surface area (Å²) in [6.45, 7) is 4.68. The van der Waals surface area contributed by atoms with Crippen LogP contribution in [0, 0.1) is 5.41 Å². The van der Waals surface area contributed by atoms with Crippen molar-refractivity contribution >= 4 is 5.96 Å². The Labute approximate surface area is 176 Å². The number of hydrogen-bond donors (Lipinski definition) is 3. The van der Waals surface area contributed by atoms with Gasteiger partial charge >= 0.3 is 0 Å². The van der Waals surface area contributed by atoms with E-state index in [1.54, 1.807) is 7.11 Å². The largest absolute Gasteiger partial charge is 0.497 e. The molecule has 0 heterocycles. The van der Waals surface area contributed by atoms with Crippen LogP contribution in [0.1, 0.15) is 57.1 Å². The first-order valence-corrected chi connectivity index (χ1v) is 11.0. The fourth-order valence-corrected chi connectivity index (χ4v) is 4.26. The maximum Gasteiger partial charge on any atom is 0.191 e. The van der Waals surface area contributed by atoms with E-state index in [0.717, 1.165) is 37.8 Å². The maximum atomic E-state index is 9.56. The van der Waals surface area contributed by atoms with E-state index in [2.05, 4.69) is 48.7 Å². The van der Waals surface area contributed by atoms with Gasteiger partial charge in [0.1, 0.15) is 5.75 Å². The minimum Gasteiger partial charge on any atom is -0.497 e. The highest BCUT2D eigenvalue weighted by Crippen LogP contribution is 2.39. The van der Waals surface area contributed by atoms with Crippen molar-refractivity contribution in [2.75, 3.05) is 47.4 Å². The number of aliphatic hydroxyl groups excluding tert-OH is 1. The summed E-state index contributed by atoms with van der Waals surface area (Å²) in [5.41, 5.74) is 1.37. The van der Waals surface area contributed by atoms with Gasteiger partial charge in [0.15, 0.2) is 5.96 Å². The van der Waals surface area contributed by atoms with Crippen molar-refractivity contribution in [3.05, 3.63) is 29.8 Å². The van der Waals surface area contributed by atoms with Gasteiger partial charge in [0, 0.05) is 26.2 Å². The first kappa shape index (κ1) is 23.5. The minimum atomic E-state index is 0.156. The predicted molar refractivity (Wildman–Crippen MR) is 121 cm³/mol. The van der Waals surface area contributed by atoms with Crippen LogP contribution >= 0.6 is 0 Å². The van der Waals surface area contributed by atoms with Crippen LogP contribution in [0.3, 0.4) is 0 Å². The first-order valence-electron chi connectivity index (χ1n) is 11.0. The van der Waals surface area contributed by atoms with Crippen LogP contribution in [0.2, 0.25) is 0 Å². The molecule has 3 N–H and O–H groups in total. The Balaban J connectivity index is 2.08. The molecule has 1 fully saturated rings. The standard InChI is InChI=1S/C23H40N4O2/c1-5-24-22(26-18-23(14-15-28)12-7-6-8-13-23)25-17-21(27(2)3)19-10-9-11-20(16-19)29-4/h9-11,16,21,28H,5-8,12-15,17-18H2,1-4H3,(H2,24,25,26). The molecule has 0 saturated heterocycles. The van der Waals surface area contributed by atoms with E-state index < -0.39 is 0 Å². The number of hydrogen-bond acceptors (Lipinski definition) is 4. The van der Waals surface area contributed by atoms with Crippen LogP contribution < -0.4 is 15.4 Å². The highest BCUT2D eigenvalue weighted by atomic mass is 16.5. The van der Waals surface area contributed by atoms with Gasteiger partial charge in [-0.2, -0.15) is 0 Å². The topological polar surface area (TPSA) is 69.1 Å². The number of benzene rings is 1. The van der Waals surface area contributed by atoms with E-state index in [1.807, 2.05) is 12.1 Å². The maximum absolute atomic E-state index is 9.56. The molecular weight excluding hydrogens is 364 g/mol. The smallest absolute Gasteiger partial charge is 0.191 e. The van der Waals surface area contributed by atoms with E-state index in [1.165, 1.54) is 37.7 Å². The molecule has 1 aliphatic carbocycles. The lowest BCUT2D eigenvalue weighted by molar-refractivity contribution is 0.137. The SMILES string of the molecule is CCNC(=NCC1(CCO)CCCCC1)NCC(c1cccc(OC)c1)N(C)C. The molecule has 0 aromatic heterocycles. The van der Waals surface area contributed by atoms with Gasteiger partial charge in [-0.25, -0.2) is 0 Å². The molecule has 164 valence electrons. The molecular formula is C23H40N4O2. The van der Waals surface area contributed by atoms with Crippen molar-refractivity contribution in [1.29, 1.82) is 0 Å². The van der Waals surface area contributed by atoms with Crippen molar-refractivity contribution < 1.29 is 9.84 Å². The summed E-state index contributed by atoms with van der Waals surface area (Å²) in [6, 6.07) is 8.44. The Kier molecular flexibility index (Phi) is 9.74. The lowest BCUT2D eigenvalue weighted by Gasteiger charge is -2.36. The molecule has 1 unspecified atom stereocenters. The van der Waals surface area contributed by atoms with Gasteiger partial charge in [0.05, 0.1) is 13.2 Å². The van der Waals surface area contributed by atoms with Crippen LogP contribution in [0.15, 0.2) is 29.3 Å². The Morgan fingerprint density at radius 2 is 2.00 bits per heavy atom. The molecule has 6 nitrogen and oxygen atoms in total. The highest BCUT2D eigenvalue weighted by molar-refractivity contribution is 5.79. The second-order valence-corrected chi connectivity index (χ2v) is 8.37. The van der Waals surface area contributed by atoms with Crippen LogP contribution in [-0.2, 0) is 0 Å². The Bertz CT molecular complexity index is 622. The molecule has 29 heavy (non-hydrogen) atoms. The molecule has 1 aromatic rings. The number of nitrogens with one attached hydrogen (secondary N) is 2. The molecule has 0 amide bonds. The van der Waals surface area contributed by atoms with E-state index in [-0.39, 0.29) is 18.1 Å². The summed E-state index contributed by atoms with van der Waals surface area (Å²) in [7, 11) is 5.88. The van der Waals surface area contributed by atoms with Gasteiger partial charge in [0.25, 0.3) is 0 Å². The molecule has 2 rings (SSSR count). The van der Waals surface area contributed by atoms with Crippen molar-refractivity contribution in [3.63, 3.8) is 0 Å². The molecule has 0 aliphatic heterocycles. The van der Waals surface area contributed by atoms with Crippen molar-refractivity contribution in [1.82, 2.24) is 15.5 Å². The molecule has 1 atom stereocenters. The van der Waals surface area contributed by atoms with Crippen LogP contribution in [0.5, 0.6) is 5.75 Å². The average Bonchev–Trinajstić information content (AvgIpc) is 2.73. The lowest BCUT2D eigenvalue weighted by atomic mass is 9.72. The highest BCUT2D eigenvalue weighted by Gasteiger charge is 2.31. The molecule has 0 radical (unpaired) electrons. The molecule has 1 saturated carbocycles. The number of aliphatic imine (C=N–C) groups is 1. The lowest BCUT2D eigenvalue weighted by Crippen LogP contribution is -2.42. The van der Waals surface area contributed by atoms with Crippen molar-refractivity contribution in [2.45, 2.75) is 51.5 Å². The number of methoxy groups -OCH3 is 1. The molecule has 0 spiro atoms. The van der Waals surface area contributed by atoms with Gasteiger partial charge < -0.3 is 25.4 Å². The summed E-state index contributed by atoms with van der Waals surface area (Å²) < 4.78 is 5.39. The molecule has 1 aliphatic rings. The number of guanidine groups is 1. The zero-order chi connectivity index (χ0) is 21.1. The Hall–Kier alpha value is -1.79. The summed E-state index contributed by atoms with van der Waals surface area (Å²) in [5, 5.41) is 16.5. The number of aliphatic hydroxyl groups is 1. The van der Waals surface area contributed by atoms with Crippen molar-refractivity contribution in [2.24, 2.45) is 10.4 Å². The second kappa shape index (κ2) is 12.0. The molecule has 0 bridgehead atoms. The summed E-state index contributed by atoms with van der Waals surface area (Å²) in [6.07, 6.45) is 6.98. The minimum absolute atomic E-state index is 0.156. The average molecular weight is 405 g/mol. The molecule has 1 aromatic carbocycles. The number of ether oxygens (including phenoxy) is 1. The first-order chi connectivity index (χ1) is 14.0. The number of rotatable bonds is 10. The van der Waals surface area contributed by atoms with E-state index >= 15 is 0 Å². The van der Waals surface area contributed by atoms with E-state index in [0.29, 0.717) is 0 Å². The monoisotopic (exact) mass is 404 g/mol. The van der Waals surface area contributed by atoms with Gasteiger partial charge in [-0.3, -0.25) is 4.99 Å². The molecule has 6 heteroatoms. The van der Waals surface area contributed by atoms with E-state index in [9.17, 15) is 5.11 Å². The third kappa shape index (κ3) is 7.19. The third-order valence-corrected chi connectivity index (χ3v) is 6.04. The van der Waals surface area contributed by atoms with E-state index in [4.69, 9.17) is 9.73 Å². The van der Waals surface area contributed by atoms with Gasteiger partial charge in [-0.1, -0.05) is 31.4 Å². The van der Waals surface area contributed by atoms with Crippen LogP contribution in [0.4, 0.5) is 0 Å².